The second-order valence-electron chi connectivity index (χ2n) is 3.96. The Morgan fingerprint density at radius 1 is 1.22 bits per heavy atom. The van der Waals surface area contributed by atoms with Crippen molar-refractivity contribution in [3.05, 3.63) is 48.2 Å². The average Bonchev–Trinajstić information content (AvgIpc) is 2.40. The van der Waals surface area contributed by atoms with Gasteiger partial charge in [-0.1, -0.05) is 17.8 Å². The van der Waals surface area contributed by atoms with Crippen LogP contribution in [0.25, 0.3) is 0 Å². The lowest BCUT2D eigenvalue weighted by atomic mass is 10.2. The highest BCUT2D eigenvalue weighted by atomic mass is 32.2. The van der Waals surface area contributed by atoms with E-state index < -0.39 is 0 Å². The zero-order valence-corrected chi connectivity index (χ0v) is 11.3. The van der Waals surface area contributed by atoms with Crippen LogP contribution in [0.3, 0.4) is 0 Å². The molecule has 94 valence electrons. The molecule has 1 aromatic heterocycles. The van der Waals surface area contributed by atoms with E-state index in [1.807, 2.05) is 43.3 Å². The summed E-state index contributed by atoms with van der Waals surface area (Å²) in [6, 6.07) is 11.8. The van der Waals surface area contributed by atoms with E-state index in [4.69, 9.17) is 10.5 Å². The van der Waals surface area contributed by atoms with Gasteiger partial charge in [0.05, 0.1) is 7.11 Å². The largest absolute Gasteiger partial charge is 0.497 e. The van der Waals surface area contributed by atoms with E-state index in [0.717, 1.165) is 21.2 Å². The standard InChI is InChI=1S/C14H16N2OS/c1-10(15)13-4-3-9-16-14(13)18-12-7-5-11(17-2)6-8-12/h3-10H,15H2,1-2H3/t10-/m0/s1. The summed E-state index contributed by atoms with van der Waals surface area (Å²) < 4.78 is 5.14. The van der Waals surface area contributed by atoms with Crippen LogP contribution in [0.1, 0.15) is 18.5 Å². The maximum absolute atomic E-state index is 5.94. The molecule has 2 rings (SSSR count). The topological polar surface area (TPSA) is 48.1 Å². The van der Waals surface area contributed by atoms with E-state index in [9.17, 15) is 0 Å². The number of hydrogen-bond acceptors (Lipinski definition) is 4. The van der Waals surface area contributed by atoms with Gasteiger partial charge in [0.15, 0.2) is 0 Å². The Kier molecular flexibility index (Phi) is 4.23. The molecule has 18 heavy (non-hydrogen) atoms. The van der Waals surface area contributed by atoms with Crippen molar-refractivity contribution in [2.45, 2.75) is 22.9 Å². The minimum absolute atomic E-state index is 0.0144. The smallest absolute Gasteiger partial charge is 0.118 e. The van der Waals surface area contributed by atoms with E-state index >= 15 is 0 Å². The van der Waals surface area contributed by atoms with Crippen LogP contribution in [-0.2, 0) is 0 Å². The Balaban J connectivity index is 2.22. The molecule has 0 amide bonds. The molecule has 0 spiro atoms. The van der Waals surface area contributed by atoms with Crippen molar-refractivity contribution in [3.8, 4) is 5.75 Å². The number of rotatable bonds is 4. The summed E-state index contributed by atoms with van der Waals surface area (Å²) in [5.74, 6) is 0.854. The van der Waals surface area contributed by atoms with E-state index in [-0.39, 0.29) is 6.04 Å². The van der Waals surface area contributed by atoms with Gasteiger partial charge in [-0.25, -0.2) is 4.98 Å². The summed E-state index contributed by atoms with van der Waals surface area (Å²) in [7, 11) is 1.66. The fraction of sp³-hybridized carbons (Fsp3) is 0.214. The first kappa shape index (κ1) is 12.9. The third-order valence-electron chi connectivity index (χ3n) is 2.57. The molecular weight excluding hydrogens is 244 g/mol. The predicted molar refractivity (Wildman–Crippen MR) is 74.0 cm³/mol. The van der Waals surface area contributed by atoms with Gasteiger partial charge in [0.1, 0.15) is 10.8 Å². The third kappa shape index (κ3) is 3.03. The molecule has 0 aliphatic rings. The monoisotopic (exact) mass is 260 g/mol. The van der Waals surface area contributed by atoms with E-state index in [0.29, 0.717) is 0 Å². The van der Waals surface area contributed by atoms with Crippen LogP contribution in [0.15, 0.2) is 52.5 Å². The first-order valence-corrected chi connectivity index (χ1v) is 6.54. The first-order valence-electron chi connectivity index (χ1n) is 5.73. The second-order valence-corrected chi connectivity index (χ2v) is 5.03. The first-order chi connectivity index (χ1) is 8.70. The predicted octanol–water partition coefficient (Wildman–Crippen LogP) is 3.26. The molecule has 3 nitrogen and oxygen atoms in total. The summed E-state index contributed by atoms with van der Waals surface area (Å²) in [6.07, 6.45) is 1.79. The summed E-state index contributed by atoms with van der Waals surface area (Å²) >= 11 is 1.62. The molecule has 0 fully saturated rings. The summed E-state index contributed by atoms with van der Waals surface area (Å²) in [5.41, 5.74) is 7.01. The fourth-order valence-corrected chi connectivity index (χ4v) is 2.57. The van der Waals surface area contributed by atoms with E-state index in [2.05, 4.69) is 4.98 Å². The number of benzene rings is 1. The van der Waals surface area contributed by atoms with Crippen LogP contribution in [0.2, 0.25) is 0 Å². The highest BCUT2D eigenvalue weighted by Crippen LogP contribution is 2.31. The molecule has 0 bridgehead atoms. The third-order valence-corrected chi connectivity index (χ3v) is 3.61. The molecule has 0 aliphatic carbocycles. The summed E-state index contributed by atoms with van der Waals surface area (Å²) in [4.78, 5) is 5.51. The number of pyridine rings is 1. The maximum atomic E-state index is 5.94. The number of methoxy groups -OCH3 is 1. The Labute approximate surface area is 111 Å². The van der Waals surface area contributed by atoms with Gasteiger partial charge in [0.25, 0.3) is 0 Å². The van der Waals surface area contributed by atoms with Gasteiger partial charge in [0.2, 0.25) is 0 Å². The number of nitrogens with two attached hydrogens (primary N) is 1. The normalized spacial score (nSPS) is 12.2. The van der Waals surface area contributed by atoms with Gasteiger partial charge in [-0.05, 0) is 37.3 Å². The van der Waals surface area contributed by atoms with Gasteiger partial charge < -0.3 is 10.5 Å². The SMILES string of the molecule is COc1ccc(Sc2ncccc2[C@H](C)N)cc1. The van der Waals surface area contributed by atoms with Crippen molar-refractivity contribution in [2.75, 3.05) is 7.11 Å². The van der Waals surface area contributed by atoms with Crippen LogP contribution in [-0.4, -0.2) is 12.1 Å². The van der Waals surface area contributed by atoms with Crippen LogP contribution in [0.4, 0.5) is 0 Å². The molecule has 1 heterocycles. The quantitative estimate of drug-likeness (QED) is 0.916. The molecule has 0 saturated heterocycles. The van der Waals surface area contributed by atoms with Crippen molar-refractivity contribution in [3.63, 3.8) is 0 Å². The van der Waals surface area contributed by atoms with Crippen molar-refractivity contribution < 1.29 is 4.74 Å². The molecular formula is C14H16N2OS. The average molecular weight is 260 g/mol. The number of nitrogens with zero attached hydrogens (tertiary/aromatic N) is 1. The minimum atomic E-state index is -0.0144. The molecule has 2 aromatic rings. The highest BCUT2D eigenvalue weighted by Gasteiger charge is 2.09. The van der Waals surface area contributed by atoms with Gasteiger partial charge in [0, 0.05) is 22.7 Å². The summed E-state index contributed by atoms with van der Waals surface area (Å²) in [5, 5.41) is 0.956. The zero-order valence-electron chi connectivity index (χ0n) is 10.5. The maximum Gasteiger partial charge on any atom is 0.118 e. The molecule has 1 atom stereocenters. The number of aromatic nitrogens is 1. The lowest BCUT2D eigenvalue weighted by molar-refractivity contribution is 0.414. The van der Waals surface area contributed by atoms with Gasteiger partial charge >= 0.3 is 0 Å². The fourth-order valence-electron chi connectivity index (χ4n) is 1.59. The lowest BCUT2D eigenvalue weighted by Crippen LogP contribution is -2.07. The number of ether oxygens (including phenoxy) is 1. The molecule has 0 aliphatic heterocycles. The van der Waals surface area contributed by atoms with Crippen molar-refractivity contribution in [1.29, 1.82) is 0 Å². The van der Waals surface area contributed by atoms with Crippen molar-refractivity contribution in [2.24, 2.45) is 5.73 Å². The zero-order chi connectivity index (χ0) is 13.0. The van der Waals surface area contributed by atoms with E-state index in [1.54, 1.807) is 25.1 Å². The highest BCUT2D eigenvalue weighted by molar-refractivity contribution is 7.99. The Hall–Kier alpha value is -1.52. The lowest BCUT2D eigenvalue weighted by Gasteiger charge is -2.10. The van der Waals surface area contributed by atoms with Crippen LogP contribution in [0.5, 0.6) is 5.75 Å². The van der Waals surface area contributed by atoms with Crippen molar-refractivity contribution >= 4 is 11.8 Å². The Morgan fingerprint density at radius 2 is 1.94 bits per heavy atom. The molecule has 0 unspecified atom stereocenters. The van der Waals surface area contributed by atoms with Gasteiger partial charge in [-0.3, -0.25) is 0 Å². The van der Waals surface area contributed by atoms with Crippen LogP contribution < -0.4 is 10.5 Å². The molecule has 1 aromatic carbocycles. The molecule has 0 radical (unpaired) electrons. The molecule has 2 N–H and O–H groups in total. The minimum Gasteiger partial charge on any atom is -0.497 e. The van der Waals surface area contributed by atoms with Crippen LogP contribution in [0, 0.1) is 0 Å². The molecule has 4 heteroatoms. The van der Waals surface area contributed by atoms with Gasteiger partial charge in [-0.2, -0.15) is 0 Å². The Morgan fingerprint density at radius 3 is 2.56 bits per heavy atom. The van der Waals surface area contributed by atoms with Crippen molar-refractivity contribution in [1.82, 2.24) is 4.98 Å². The summed E-state index contributed by atoms with van der Waals surface area (Å²) in [6.45, 7) is 1.97. The van der Waals surface area contributed by atoms with Crippen LogP contribution >= 0.6 is 11.8 Å². The second kappa shape index (κ2) is 5.89. The van der Waals surface area contributed by atoms with Gasteiger partial charge in [-0.15, -0.1) is 0 Å². The molecule has 0 saturated carbocycles. The Bertz CT molecular complexity index is 511. The van der Waals surface area contributed by atoms with E-state index in [1.165, 1.54) is 0 Å². The number of hydrogen-bond donors (Lipinski definition) is 1.